The largest absolute Gasteiger partial charge is 0.396 e. The van der Waals surface area contributed by atoms with Crippen LogP contribution in [0.4, 0.5) is 0 Å². The monoisotopic (exact) mass is 196 g/mol. The van der Waals surface area contributed by atoms with Crippen LogP contribution in [-0.4, -0.2) is 23.8 Å². The Morgan fingerprint density at radius 2 is 2.21 bits per heavy atom. The molecule has 1 fully saturated rings. The van der Waals surface area contributed by atoms with Crippen LogP contribution in [0.5, 0.6) is 0 Å². The van der Waals surface area contributed by atoms with Gasteiger partial charge in [0.2, 0.25) is 0 Å². The predicted octanol–water partition coefficient (Wildman–Crippen LogP) is 1.43. The van der Waals surface area contributed by atoms with Crippen molar-refractivity contribution in [3.8, 4) is 6.07 Å². The fraction of sp³-hybridized carbons (Fsp3) is 0.909. The number of nitrogens with one attached hydrogen (secondary N) is 1. The van der Waals surface area contributed by atoms with Crippen molar-refractivity contribution in [1.82, 2.24) is 5.32 Å². The zero-order chi connectivity index (χ0) is 10.4. The number of hydrogen-bond acceptors (Lipinski definition) is 3. The van der Waals surface area contributed by atoms with Gasteiger partial charge in [0.15, 0.2) is 0 Å². The highest BCUT2D eigenvalue weighted by molar-refractivity contribution is 4.93. The normalized spacial score (nSPS) is 29.5. The molecule has 1 saturated carbocycles. The van der Waals surface area contributed by atoms with Gasteiger partial charge in [0.05, 0.1) is 12.1 Å². The first-order valence-corrected chi connectivity index (χ1v) is 5.58. The fourth-order valence-electron chi connectivity index (χ4n) is 2.15. The molecule has 14 heavy (non-hydrogen) atoms. The summed E-state index contributed by atoms with van der Waals surface area (Å²) in [6.45, 7) is 2.26. The van der Waals surface area contributed by atoms with Crippen LogP contribution < -0.4 is 5.32 Å². The van der Waals surface area contributed by atoms with E-state index in [1.807, 2.05) is 6.92 Å². The molecule has 0 amide bonds. The molecule has 0 aromatic rings. The Kier molecular flexibility index (Phi) is 4.92. The average Bonchev–Trinajstić information content (AvgIpc) is 2.26. The summed E-state index contributed by atoms with van der Waals surface area (Å²) in [5, 5.41) is 21.4. The highest BCUT2D eigenvalue weighted by atomic mass is 16.3. The van der Waals surface area contributed by atoms with Gasteiger partial charge < -0.3 is 5.11 Å². The van der Waals surface area contributed by atoms with E-state index in [1.54, 1.807) is 0 Å². The van der Waals surface area contributed by atoms with E-state index in [9.17, 15) is 5.11 Å². The molecule has 0 aromatic heterocycles. The van der Waals surface area contributed by atoms with Crippen molar-refractivity contribution in [2.24, 2.45) is 5.92 Å². The fourth-order valence-corrected chi connectivity index (χ4v) is 2.15. The molecule has 0 radical (unpaired) electrons. The summed E-state index contributed by atoms with van der Waals surface area (Å²) in [6, 6.07) is 2.55. The van der Waals surface area contributed by atoms with E-state index in [2.05, 4.69) is 11.4 Å². The van der Waals surface area contributed by atoms with E-state index in [0.29, 0.717) is 12.0 Å². The van der Waals surface area contributed by atoms with Crippen LogP contribution in [0.3, 0.4) is 0 Å². The lowest BCUT2D eigenvalue weighted by atomic mass is 9.84. The van der Waals surface area contributed by atoms with Gasteiger partial charge in [-0.1, -0.05) is 19.8 Å². The van der Waals surface area contributed by atoms with Gasteiger partial charge in [0.25, 0.3) is 0 Å². The minimum absolute atomic E-state index is 0.0489. The van der Waals surface area contributed by atoms with Gasteiger partial charge in [-0.15, -0.1) is 0 Å². The first-order valence-electron chi connectivity index (χ1n) is 5.58. The lowest BCUT2D eigenvalue weighted by molar-refractivity contribution is 0.149. The highest BCUT2D eigenvalue weighted by Gasteiger charge is 2.25. The summed E-state index contributed by atoms with van der Waals surface area (Å²) < 4.78 is 0. The second kappa shape index (κ2) is 6.00. The zero-order valence-corrected chi connectivity index (χ0v) is 8.87. The first-order chi connectivity index (χ1) is 6.81. The lowest BCUT2D eigenvalue weighted by Gasteiger charge is -2.32. The molecule has 0 saturated heterocycles. The summed E-state index contributed by atoms with van der Waals surface area (Å²) >= 11 is 0. The Morgan fingerprint density at radius 1 is 1.50 bits per heavy atom. The smallest absolute Gasteiger partial charge is 0.0952 e. The summed E-state index contributed by atoms with van der Waals surface area (Å²) in [5.41, 5.74) is 0. The highest BCUT2D eigenvalue weighted by Crippen LogP contribution is 2.24. The van der Waals surface area contributed by atoms with Gasteiger partial charge in [-0.2, -0.15) is 5.26 Å². The van der Waals surface area contributed by atoms with Gasteiger partial charge in [0, 0.05) is 12.6 Å². The second-order valence-corrected chi connectivity index (χ2v) is 4.09. The summed E-state index contributed by atoms with van der Waals surface area (Å²) in [4.78, 5) is 0. The number of aliphatic hydroxyl groups excluding tert-OH is 1. The van der Waals surface area contributed by atoms with E-state index in [-0.39, 0.29) is 12.6 Å². The van der Waals surface area contributed by atoms with Crippen molar-refractivity contribution in [3.63, 3.8) is 0 Å². The lowest BCUT2D eigenvalue weighted by Crippen LogP contribution is -2.44. The number of nitriles is 1. The number of aliphatic hydroxyl groups is 1. The molecule has 3 atom stereocenters. The third kappa shape index (κ3) is 2.97. The van der Waals surface area contributed by atoms with Crippen LogP contribution in [0, 0.1) is 17.2 Å². The SMILES string of the molecule is CCC(C#N)NC1CCCCC1CO. The molecule has 0 spiro atoms. The van der Waals surface area contributed by atoms with Crippen LogP contribution in [0.15, 0.2) is 0 Å². The van der Waals surface area contributed by atoms with Gasteiger partial charge in [-0.3, -0.25) is 5.32 Å². The molecule has 80 valence electrons. The Balaban J connectivity index is 2.44. The molecule has 0 aliphatic heterocycles. The summed E-state index contributed by atoms with van der Waals surface area (Å²) in [6.07, 6.45) is 5.47. The van der Waals surface area contributed by atoms with E-state index in [4.69, 9.17) is 5.26 Å². The molecular formula is C11H20N2O. The number of nitrogens with zero attached hydrogens (tertiary/aromatic N) is 1. The van der Waals surface area contributed by atoms with Crippen molar-refractivity contribution in [2.75, 3.05) is 6.61 Å². The first kappa shape index (κ1) is 11.5. The maximum absolute atomic E-state index is 9.20. The Labute approximate surface area is 86.1 Å². The molecule has 0 heterocycles. The summed E-state index contributed by atoms with van der Waals surface area (Å²) in [5.74, 6) is 0.353. The third-order valence-electron chi connectivity index (χ3n) is 3.12. The Morgan fingerprint density at radius 3 is 2.79 bits per heavy atom. The van der Waals surface area contributed by atoms with Crippen LogP contribution in [0.1, 0.15) is 39.0 Å². The molecule has 3 unspecified atom stereocenters. The van der Waals surface area contributed by atoms with Crippen molar-refractivity contribution in [3.05, 3.63) is 0 Å². The average molecular weight is 196 g/mol. The molecule has 0 bridgehead atoms. The van der Waals surface area contributed by atoms with Crippen molar-refractivity contribution in [1.29, 1.82) is 5.26 Å². The van der Waals surface area contributed by atoms with Crippen LogP contribution in [0.2, 0.25) is 0 Å². The van der Waals surface area contributed by atoms with Gasteiger partial charge >= 0.3 is 0 Å². The minimum Gasteiger partial charge on any atom is -0.396 e. The molecule has 1 rings (SSSR count). The van der Waals surface area contributed by atoms with Gasteiger partial charge in [-0.25, -0.2) is 0 Å². The van der Waals surface area contributed by atoms with E-state index in [1.165, 1.54) is 12.8 Å². The van der Waals surface area contributed by atoms with Crippen molar-refractivity contribution < 1.29 is 5.11 Å². The second-order valence-electron chi connectivity index (χ2n) is 4.09. The standard InChI is InChI=1S/C11H20N2O/c1-2-10(7-12)13-11-6-4-3-5-9(11)8-14/h9-11,13-14H,2-6,8H2,1H3. The molecule has 2 N–H and O–H groups in total. The Bertz CT molecular complexity index is 200. The van der Waals surface area contributed by atoms with E-state index < -0.39 is 0 Å². The minimum atomic E-state index is -0.0489. The molecular weight excluding hydrogens is 176 g/mol. The third-order valence-corrected chi connectivity index (χ3v) is 3.12. The number of hydrogen-bond donors (Lipinski definition) is 2. The maximum Gasteiger partial charge on any atom is 0.0952 e. The van der Waals surface area contributed by atoms with Crippen LogP contribution in [-0.2, 0) is 0 Å². The van der Waals surface area contributed by atoms with Gasteiger partial charge in [-0.05, 0) is 25.2 Å². The molecule has 3 heteroatoms. The molecule has 0 aromatic carbocycles. The molecule has 3 nitrogen and oxygen atoms in total. The van der Waals surface area contributed by atoms with Crippen molar-refractivity contribution >= 4 is 0 Å². The van der Waals surface area contributed by atoms with E-state index >= 15 is 0 Å². The van der Waals surface area contributed by atoms with E-state index in [0.717, 1.165) is 19.3 Å². The summed E-state index contributed by atoms with van der Waals surface area (Å²) in [7, 11) is 0. The zero-order valence-electron chi connectivity index (χ0n) is 8.87. The van der Waals surface area contributed by atoms with Gasteiger partial charge in [0.1, 0.15) is 0 Å². The topological polar surface area (TPSA) is 56.0 Å². The maximum atomic E-state index is 9.20. The molecule has 1 aliphatic rings. The quantitative estimate of drug-likeness (QED) is 0.715. The van der Waals surface area contributed by atoms with Crippen molar-refractivity contribution in [2.45, 2.75) is 51.1 Å². The Hall–Kier alpha value is -0.590. The van der Waals surface area contributed by atoms with Crippen LogP contribution >= 0.6 is 0 Å². The van der Waals surface area contributed by atoms with Crippen LogP contribution in [0.25, 0.3) is 0 Å². The molecule has 1 aliphatic carbocycles. The number of rotatable bonds is 4. The predicted molar refractivity (Wildman–Crippen MR) is 55.7 cm³/mol.